The number of amides is 3. The number of carbonyl (C=O) groups excluding carboxylic acids is 2. The van der Waals surface area contributed by atoms with E-state index in [2.05, 4.69) is 20.4 Å². The molecule has 194 valence electrons. The molecule has 14 heteroatoms. The minimum atomic E-state index is -4.93. The van der Waals surface area contributed by atoms with Crippen LogP contribution < -0.4 is 21.3 Å². The number of nitrogens with two attached hydrogens (primary N) is 1. The van der Waals surface area contributed by atoms with Gasteiger partial charge in [-0.15, -0.1) is 0 Å². The molecule has 2 heterocycles. The first-order chi connectivity index (χ1) is 17.0. The monoisotopic (exact) mass is 510 g/mol. The van der Waals surface area contributed by atoms with Crippen molar-refractivity contribution in [3.63, 3.8) is 0 Å². The lowest BCUT2D eigenvalue weighted by Gasteiger charge is -2.38. The molecule has 2 unspecified atom stereocenters. The molecular formula is C22H25F3N6O5. The number of alkyl halides is 3. The molecule has 0 bridgehead atoms. The van der Waals surface area contributed by atoms with Gasteiger partial charge in [-0.05, 0) is 31.9 Å². The van der Waals surface area contributed by atoms with E-state index < -0.39 is 47.4 Å². The number of rotatable bonds is 4. The third-order valence-corrected chi connectivity index (χ3v) is 6.13. The van der Waals surface area contributed by atoms with Gasteiger partial charge in [-0.2, -0.15) is 13.2 Å². The summed E-state index contributed by atoms with van der Waals surface area (Å²) < 4.78 is 47.4. The summed E-state index contributed by atoms with van der Waals surface area (Å²) in [5.41, 5.74) is 3.98. The molecule has 1 aliphatic carbocycles. The van der Waals surface area contributed by atoms with E-state index in [9.17, 15) is 27.6 Å². The number of carboxylic acid groups (broad SMARTS) is 1. The molecule has 11 nitrogen and oxygen atoms in total. The van der Waals surface area contributed by atoms with E-state index in [1.54, 1.807) is 6.92 Å². The van der Waals surface area contributed by atoms with E-state index in [0.717, 1.165) is 41.0 Å². The fraction of sp³-hybridized carbons (Fsp3) is 0.455. The molecular weight excluding hydrogens is 485 g/mol. The number of hydrogen-bond donors (Lipinski definition) is 4. The van der Waals surface area contributed by atoms with Crippen LogP contribution >= 0.6 is 0 Å². The zero-order valence-corrected chi connectivity index (χ0v) is 19.2. The fourth-order valence-corrected chi connectivity index (χ4v) is 4.55. The van der Waals surface area contributed by atoms with Gasteiger partial charge in [-0.1, -0.05) is 18.9 Å². The number of carbonyl (C=O) groups is 3. The largest absolute Gasteiger partial charge is 0.511 e. The minimum absolute atomic E-state index is 0.0433. The Morgan fingerprint density at radius 1 is 1.28 bits per heavy atom. The van der Waals surface area contributed by atoms with Gasteiger partial charge in [0, 0.05) is 12.1 Å². The first-order valence-electron chi connectivity index (χ1n) is 11.3. The number of halogens is 3. The number of guanidine groups is 1. The number of anilines is 1. The molecule has 1 aromatic rings. The molecule has 36 heavy (non-hydrogen) atoms. The predicted molar refractivity (Wildman–Crippen MR) is 121 cm³/mol. The van der Waals surface area contributed by atoms with Crippen molar-refractivity contribution in [1.29, 1.82) is 0 Å². The molecule has 1 aromatic carbocycles. The lowest BCUT2D eigenvalue weighted by Crippen LogP contribution is -2.57. The van der Waals surface area contributed by atoms with Gasteiger partial charge in [0.1, 0.15) is 6.17 Å². The maximum Gasteiger partial charge on any atom is 0.511 e. The molecule has 3 amide bonds. The summed E-state index contributed by atoms with van der Waals surface area (Å²) in [7, 11) is 0. The zero-order valence-electron chi connectivity index (χ0n) is 19.2. The maximum atomic E-state index is 14.3. The molecule has 0 radical (unpaired) electrons. The normalized spacial score (nSPS) is 22.8. The molecule has 4 rings (SSSR count). The second kappa shape index (κ2) is 9.68. The van der Waals surface area contributed by atoms with Crippen molar-refractivity contribution in [3.05, 3.63) is 41.3 Å². The van der Waals surface area contributed by atoms with Crippen LogP contribution in [0.2, 0.25) is 0 Å². The number of urea groups is 1. The van der Waals surface area contributed by atoms with Crippen molar-refractivity contribution in [3.8, 4) is 0 Å². The highest BCUT2D eigenvalue weighted by molar-refractivity contribution is 6.12. The molecule has 3 aliphatic rings. The Hall–Kier alpha value is -3.81. The lowest BCUT2D eigenvalue weighted by atomic mass is 10.0. The smallest absolute Gasteiger partial charge is 0.449 e. The minimum Gasteiger partial charge on any atom is -0.449 e. The second-order valence-electron chi connectivity index (χ2n) is 8.76. The Morgan fingerprint density at radius 3 is 2.56 bits per heavy atom. The van der Waals surface area contributed by atoms with Crippen molar-refractivity contribution >= 4 is 29.7 Å². The van der Waals surface area contributed by atoms with Crippen LogP contribution in [0.4, 0.5) is 28.4 Å². The van der Waals surface area contributed by atoms with Gasteiger partial charge in [0.05, 0.1) is 29.6 Å². The van der Waals surface area contributed by atoms with Crippen LogP contribution in [0.15, 0.2) is 35.2 Å². The van der Waals surface area contributed by atoms with Crippen LogP contribution in [0.5, 0.6) is 0 Å². The SMILES string of the molecule is CC1CN(C2=NC=C(OC(=O)O)C(N)N2c2c(C(=O)NC3CCCC3)cccc2C(F)(F)F)C(=O)N1. The van der Waals surface area contributed by atoms with Gasteiger partial charge >= 0.3 is 18.4 Å². The molecule has 0 aromatic heterocycles. The summed E-state index contributed by atoms with van der Waals surface area (Å²) in [4.78, 5) is 42.9. The summed E-state index contributed by atoms with van der Waals surface area (Å²) in [5, 5.41) is 14.5. The standard InChI is InChI=1S/C22H25F3N6O5/c1-11-10-30(20(33)28-11)19-27-9-15(36-21(34)35)17(26)31(19)16-13(7-4-8-14(16)22(23,24)25)18(32)29-12-5-2-3-6-12/h4,7-9,11-12,17H,2-3,5-6,10,26H2,1H3,(H,28,33)(H,29,32)(H,34,35). The van der Waals surface area contributed by atoms with Crippen LogP contribution in [-0.4, -0.2) is 58.9 Å². The Kier molecular flexibility index (Phi) is 6.80. The van der Waals surface area contributed by atoms with Crippen molar-refractivity contribution in [2.75, 3.05) is 11.4 Å². The topological polar surface area (TPSA) is 150 Å². The number of aliphatic imine (C=N–C) groups is 1. The van der Waals surface area contributed by atoms with Gasteiger partial charge < -0.3 is 26.2 Å². The molecule has 5 N–H and O–H groups in total. The lowest BCUT2D eigenvalue weighted by molar-refractivity contribution is -0.137. The van der Waals surface area contributed by atoms with Crippen LogP contribution in [0, 0.1) is 0 Å². The first kappa shape index (κ1) is 25.3. The first-order valence-corrected chi connectivity index (χ1v) is 11.3. The molecule has 0 spiro atoms. The molecule has 1 saturated heterocycles. The number of hydrogen-bond acceptors (Lipinski definition) is 7. The van der Waals surface area contributed by atoms with E-state index in [1.807, 2.05) is 0 Å². The Bertz CT molecular complexity index is 1130. The number of nitrogens with zero attached hydrogens (tertiary/aromatic N) is 3. The number of benzene rings is 1. The highest BCUT2D eigenvalue weighted by atomic mass is 19.4. The Morgan fingerprint density at radius 2 is 1.97 bits per heavy atom. The molecule has 1 saturated carbocycles. The number of nitrogens with one attached hydrogen (secondary N) is 2. The summed E-state index contributed by atoms with van der Waals surface area (Å²) in [6.45, 7) is 1.73. The van der Waals surface area contributed by atoms with Crippen molar-refractivity contribution in [1.82, 2.24) is 15.5 Å². The molecule has 2 fully saturated rings. The van der Waals surface area contributed by atoms with Gasteiger partial charge in [-0.3, -0.25) is 14.6 Å². The van der Waals surface area contributed by atoms with Gasteiger partial charge in [0.25, 0.3) is 5.91 Å². The van der Waals surface area contributed by atoms with Crippen LogP contribution in [0.25, 0.3) is 0 Å². The predicted octanol–water partition coefficient (Wildman–Crippen LogP) is 2.79. The summed E-state index contributed by atoms with van der Waals surface area (Å²) in [5.74, 6) is -1.56. The van der Waals surface area contributed by atoms with Crippen LogP contribution in [0.1, 0.15) is 48.5 Å². The van der Waals surface area contributed by atoms with E-state index in [-0.39, 0.29) is 30.2 Å². The van der Waals surface area contributed by atoms with Crippen molar-refractivity contribution in [2.24, 2.45) is 10.7 Å². The highest BCUT2D eigenvalue weighted by Gasteiger charge is 2.44. The Labute approximate surface area is 203 Å². The fourth-order valence-electron chi connectivity index (χ4n) is 4.55. The van der Waals surface area contributed by atoms with E-state index in [4.69, 9.17) is 10.8 Å². The van der Waals surface area contributed by atoms with Crippen molar-refractivity contribution < 1.29 is 37.4 Å². The van der Waals surface area contributed by atoms with Crippen LogP contribution in [0.3, 0.4) is 0 Å². The number of para-hydroxylation sites is 1. The maximum absolute atomic E-state index is 14.3. The van der Waals surface area contributed by atoms with Crippen LogP contribution in [-0.2, 0) is 10.9 Å². The summed E-state index contributed by atoms with van der Waals surface area (Å²) in [6.07, 6.45) is -4.25. The second-order valence-corrected chi connectivity index (χ2v) is 8.76. The van der Waals surface area contributed by atoms with E-state index >= 15 is 0 Å². The van der Waals surface area contributed by atoms with Gasteiger partial charge in [0.2, 0.25) is 5.96 Å². The molecule has 2 aliphatic heterocycles. The quantitative estimate of drug-likeness (QED) is 0.455. The molecule has 2 atom stereocenters. The van der Waals surface area contributed by atoms with Crippen molar-refractivity contribution in [2.45, 2.75) is 57.0 Å². The average Bonchev–Trinajstić information content (AvgIpc) is 3.42. The summed E-state index contributed by atoms with van der Waals surface area (Å²) >= 11 is 0. The number of ether oxygens (including phenoxy) is 1. The van der Waals surface area contributed by atoms with Gasteiger partial charge in [-0.25, -0.2) is 14.6 Å². The third-order valence-electron chi connectivity index (χ3n) is 6.13. The van der Waals surface area contributed by atoms with E-state index in [1.165, 1.54) is 6.07 Å². The highest BCUT2D eigenvalue weighted by Crippen LogP contribution is 2.41. The van der Waals surface area contributed by atoms with E-state index in [0.29, 0.717) is 12.8 Å². The Balaban J connectivity index is 1.88. The summed E-state index contributed by atoms with van der Waals surface area (Å²) in [6, 6.07) is 1.88. The van der Waals surface area contributed by atoms with Gasteiger partial charge in [0.15, 0.2) is 5.76 Å². The third kappa shape index (κ3) is 4.94. The average molecular weight is 510 g/mol. The zero-order chi connectivity index (χ0) is 26.2.